The molecule has 2 radical (unpaired) electrons. The van der Waals surface area contributed by atoms with Crippen LogP contribution < -0.4 is 0 Å². The molecule has 0 aromatic carbocycles. The summed E-state index contributed by atoms with van der Waals surface area (Å²) in [4.78, 5) is 0. The molecule has 2 aliphatic carbocycles. The molecule has 5 unspecified atom stereocenters. The highest BCUT2D eigenvalue weighted by Crippen LogP contribution is 2.56. The second kappa shape index (κ2) is 7.05. The minimum absolute atomic E-state index is 0.174. The van der Waals surface area contributed by atoms with Crippen molar-refractivity contribution in [3.63, 3.8) is 0 Å². The van der Waals surface area contributed by atoms with Crippen LogP contribution in [0.25, 0.3) is 0 Å². The molecule has 0 amide bonds. The molecule has 20 heavy (non-hydrogen) atoms. The van der Waals surface area contributed by atoms with Crippen molar-refractivity contribution in [2.24, 2.45) is 17.3 Å². The Morgan fingerprint density at radius 3 is 2.70 bits per heavy atom. The zero-order valence-corrected chi connectivity index (χ0v) is 15.5. The first-order valence-electron chi connectivity index (χ1n) is 7.84. The molecule has 0 aromatic rings. The quantitative estimate of drug-likeness (QED) is 0.460. The molecular weight excluding hydrogens is 385 g/mol. The maximum Gasteiger partial charge on any atom is 0.116 e. The Bertz CT molecular complexity index is 333. The Labute approximate surface area is 144 Å². The average Bonchev–Trinajstić information content (AvgIpc) is 2.78. The normalized spacial score (nSPS) is 43.0. The molecule has 0 aliphatic heterocycles. The van der Waals surface area contributed by atoms with E-state index < -0.39 is 5.50 Å². The van der Waals surface area contributed by atoms with Crippen molar-refractivity contribution in [1.29, 1.82) is 0 Å². The van der Waals surface area contributed by atoms with E-state index in [1.54, 1.807) is 0 Å². The predicted molar refractivity (Wildman–Crippen MR) is 92.0 cm³/mol. The molecule has 0 N–H and O–H groups in total. The van der Waals surface area contributed by atoms with Crippen molar-refractivity contribution in [1.82, 2.24) is 0 Å². The van der Waals surface area contributed by atoms with E-state index in [-0.39, 0.29) is 5.41 Å². The maximum atomic E-state index is 6.21. The number of hydrogen-bond acceptors (Lipinski definition) is 2. The standard InChI is InChI=1S/C15H25BClIO2/c1-3-4-11(2)12-5-6-14(13(9-12)19-18)7-8-15(16,10-14)20-17/h11-13H,3-10H2,1-2H3. The summed E-state index contributed by atoms with van der Waals surface area (Å²) in [6.07, 6.45) is 9.24. The first-order chi connectivity index (χ1) is 9.48. The highest BCUT2D eigenvalue weighted by Gasteiger charge is 2.53. The number of halogens is 2. The van der Waals surface area contributed by atoms with E-state index in [0.29, 0.717) is 6.10 Å². The molecular formula is C15H25BClIO2. The van der Waals surface area contributed by atoms with Crippen LogP contribution in [-0.2, 0) is 7.36 Å². The van der Waals surface area contributed by atoms with Crippen LogP contribution in [0.4, 0.5) is 0 Å². The molecule has 2 saturated carbocycles. The molecule has 0 bridgehead atoms. The molecule has 5 atom stereocenters. The van der Waals surface area contributed by atoms with E-state index in [0.717, 1.165) is 37.5 Å². The van der Waals surface area contributed by atoms with Gasteiger partial charge in [0.25, 0.3) is 0 Å². The third-order valence-electron chi connectivity index (χ3n) is 5.72. The van der Waals surface area contributed by atoms with Gasteiger partial charge in [-0.3, -0.25) is 4.29 Å². The second-order valence-corrected chi connectivity index (χ2v) is 7.72. The van der Waals surface area contributed by atoms with E-state index in [1.165, 1.54) is 25.7 Å². The van der Waals surface area contributed by atoms with Crippen molar-refractivity contribution in [2.75, 3.05) is 0 Å². The summed E-state index contributed by atoms with van der Waals surface area (Å²) >= 11 is 7.67. The Morgan fingerprint density at radius 2 is 2.15 bits per heavy atom. The van der Waals surface area contributed by atoms with Gasteiger partial charge in [-0.15, -0.1) is 0 Å². The van der Waals surface area contributed by atoms with Crippen LogP contribution >= 0.6 is 34.9 Å². The Hall–Kier alpha value is 1.00. The number of rotatable bonds is 5. The second-order valence-electron chi connectivity index (χ2n) is 7.06. The van der Waals surface area contributed by atoms with Crippen LogP contribution in [-0.4, -0.2) is 19.5 Å². The van der Waals surface area contributed by atoms with E-state index in [4.69, 9.17) is 27.1 Å². The van der Waals surface area contributed by atoms with Gasteiger partial charge in [-0.05, 0) is 55.8 Å². The summed E-state index contributed by atoms with van der Waals surface area (Å²) < 4.78 is 10.9. The van der Waals surface area contributed by atoms with Crippen molar-refractivity contribution in [3.05, 3.63) is 0 Å². The molecule has 5 heteroatoms. The Morgan fingerprint density at radius 1 is 1.40 bits per heavy atom. The summed E-state index contributed by atoms with van der Waals surface area (Å²) in [5.41, 5.74) is -0.482. The Balaban J connectivity index is 2.04. The van der Waals surface area contributed by atoms with Gasteiger partial charge in [0.2, 0.25) is 0 Å². The lowest BCUT2D eigenvalue weighted by Gasteiger charge is -2.45. The largest absolute Gasteiger partial charge is 0.312 e. The van der Waals surface area contributed by atoms with Crippen molar-refractivity contribution in [2.45, 2.75) is 76.8 Å². The minimum atomic E-state index is -0.656. The molecule has 2 aliphatic rings. The van der Waals surface area contributed by atoms with Gasteiger partial charge >= 0.3 is 0 Å². The third-order valence-corrected chi connectivity index (χ3v) is 6.64. The van der Waals surface area contributed by atoms with E-state index in [2.05, 4.69) is 36.9 Å². The minimum Gasteiger partial charge on any atom is -0.312 e. The fraction of sp³-hybridized carbons (Fsp3) is 1.00. The van der Waals surface area contributed by atoms with Crippen LogP contribution in [0.1, 0.15) is 65.2 Å². The molecule has 2 fully saturated rings. The summed E-state index contributed by atoms with van der Waals surface area (Å²) in [6.45, 7) is 4.66. The van der Waals surface area contributed by atoms with Gasteiger partial charge in [0.15, 0.2) is 0 Å². The van der Waals surface area contributed by atoms with Gasteiger partial charge in [-0.2, -0.15) is 0 Å². The zero-order valence-electron chi connectivity index (χ0n) is 12.5. The summed E-state index contributed by atoms with van der Waals surface area (Å²) in [7, 11) is 6.21. The van der Waals surface area contributed by atoms with Crippen molar-refractivity contribution < 1.29 is 7.36 Å². The van der Waals surface area contributed by atoms with E-state index >= 15 is 0 Å². The van der Waals surface area contributed by atoms with Crippen molar-refractivity contribution >= 4 is 42.7 Å². The first-order valence-corrected chi connectivity index (χ1v) is 9.03. The maximum absolute atomic E-state index is 6.21. The molecule has 0 aromatic heterocycles. The van der Waals surface area contributed by atoms with Crippen LogP contribution in [0.2, 0.25) is 0 Å². The van der Waals surface area contributed by atoms with Crippen LogP contribution in [0.3, 0.4) is 0 Å². The van der Waals surface area contributed by atoms with Crippen LogP contribution in [0, 0.1) is 17.3 Å². The monoisotopic (exact) mass is 410 g/mol. The summed E-state index contributed by atoms with van der Waals surface area (Å²) in [5.74, 6) is 1.57. The van der Waals surface area contributed by atoms with E-state index in [9.17, 15) is 0 Å². The highest BCUT2D eigenvalue weighted by molar-refractivity contribution is 14.1. The van der Waals surface area contributed by atoms with Crippen LogP contribution in [0.15, 0.2) is 0 Å². The SMILES string of the molecule is [B]C1(OCl)CCC2(CCC(C(C)CCC)CC2OI)C1. The summed E-state index contributed by atoms with van der Waals surface area (Å²) in [6, 6.07) is 0. The lowest BCUT2D eigenvalue weighted by molar-refractivity contribution is -0.00595. The summed E-state index contributed by atoms with van der Waals surface area (Å²) in [5, 5.41) is 0. The highest BCUT2D eigenvalue weighted by atomic mass is 127. The lowest BCUT2D eigenvalue weighted by Crippen LogP contribution is -2.42. The fourth-order valence-electron chi connectivity index (χ4n) is 4.40. The van der Waals surface area contributed by atoms with E-state index in [1.807, 2.05) is 0 Å². The van der Waals surface area contributed by atoms with Gasteiger partial charge in [-0.25, -0.2) is 0 Å². The van der Waals surface area contributed by atoms with Gasteiger partial charge in [-0.1, -0.05) is 26.7 Å². The zero-order chi connectivity index (χ0) is 14.8. The average molecular weight is 411 g/mol. The topological polar surface area (TPSA) is 18.5 Å². The van der Waals surface area contributed by atoms with Crippen LogP contribution in [0.5, 0.6) is 0 Å². The Kier molecular flexibility index (Phi) is 6.12. The smallest absolute Gasteiger partial charge is 0.116 e. The van der Waals surface area contributed by atoms with Gasteiger partial charge in [0.1, 0.15) is 30.9 Å². The molecule has 0 heterocycles. The third kappa shape index (κ3) is 3.49. The first kappa shape index (κ1) is 17.4. The van der Waals surface area contributed by atoms with Gasteiger partial charge in [0, 0.05) is 5.50 Å². The molecule has 114 valence electrons. The molecule has 2 rings (SSSR count). The predicted octanol–water partition coefficient (Wildman–Crippen LogP) is 5.16. The van der Waals surface area contributed by atoms with Crippen molar-refractivity contribution in [3.8, 4) is 0 Å². The van der Waals surface area contributed by atoms with Gasteiger partial charge < -0.3 is 3.07 Å². The fourth-order valence-corrected chi connectivity index (χ4v) is 5.28. The molecule has 0 saturated heterocycles. The van der Waals surface area contributed by atoms with Gasteiger partial charge in [0.05, 0.1) is 18.0 Å². The number of hydrogen-bond donors (Lipinski definition) is 0. The lowest BCUT2D eigenvalue weighted by atomic mass is 9.63. The molecule has 2 nitrogen and oxygen atoms in total. The molecule has 1 spiro atoms.